The van der Waals surface area contributed by atoms with Crippen LogP contribution in [0.15, 0.2) is 72.3 Å². The van der Waals surface area contributed by atoms with Crippen molar-refractivity contribution in [1.29, 1.82) is 0 Å². The molecule has 2 aromatic rings. The van der Waals surface area contributed by atoms with Crippen LogP contribution in [0.3, 0.4) is 0 Å². The van der Waals surface area contributed by atoms with Gasteiger partial charge in [-0.05, 0) is 116 Å². The topological polar surface area (TPSA) is 181 Å². The quantitative estimate of drug-likeness (QED) is 0.0258. The van der Waals surface area contributed by atoms with Crippen molar-refractivity contribution in [2.24, 2.45) is 34.0 Å². The number of aliphatic hydroxyl groups is 2. The number of aliphatic hydroxyl groups excluding tert-OH is 2. The number of thioether (sulfide) groups is 1. The zero-order valence-electron chi connectivity index (χ0n) is 44.7. The molecule has 0 amide bonds. The summed E-state index contributed by atoms with van der Waals surface area (Å²) >= 11 is 0.429. The van der Waals surface area contributed by atoms with Gasteiger partial charge in [0.05, 0.1) is 12.7 Å². The first kappa shape index (κ1) is 61.3. The van der Waals surface area contributed by atoms with Crippen LogP contribution in [0.4, 0.5) is 18.4 Å². The number of allylic oxidation sites excluding steroid dienone is 4. The number of hydrogen-bond acceptors (Lipinski definition) is 16. The molecular weight excluding hydrogens is 1040 g/mol. The number of ketones is 1. The molecule has 4 aliphatic rings. The third kappa shape index (κ3) is 14.3. The predicted molar refractivity (Wildman–Crippen MR) is 292 cm³/mol. The van der Waals surface area contributed by atoms with Gasteiger partial charge < -0.3 is 38.6 Å². The van der Waals surface area contributed by atoms with E-state index in [0.717, 1.165) is 64.6 Å². The molecule has 76 heavy (non-hydrogen) atoms. The minimum atomic E-state index is -1.79. The number of fused-ring (bicyclic) bond motifs is 5. The van der Waals surface area contributed by atoms with Gasteiger partial charge in [-0.2, -0.15) is 0 Å². The number of hydrogen-bond donors (Lipinski definition) is 2. The molecule has 13 nitrogen and oxygen atoms in total. The molecule has 2 N–H and O–H groups in total. The van der Waals surface area contributed by atoms with E-state index in [9.17, 15) is 38.6 Å². The largest absolute Gasteiger partial charge is 0.513 e. The zero-order chi connectivity index (χ0) is 54.9. The molecule has 3 fully saturated rings. The van der Waals surface area contributed by atoms with E-state index in [1.54, 1.807) is 39.0 Å². The van der Waals surface area contributed by atoms with E-state index in [1.165, 1.54) is 51.8 Å². The first-order valence-corrected chi connectivity index (χ1v) is 30.5. The van der Waals surface area contributed by atoms with Crippen LogP contribution in [-0.2, 0) is 51.1 Å². The van der Waals surface area contributed by atoms with Crippen molar-refractivity contribution in [3.63, 3.8) is 0 Å². The Balaban J connectivity index is 0.905. The van der Waals surface area contributed by atoms with Crippen molar-refractivity contribution in [1.82, 2.24) is 0 Å². The first-order chi connectivity index (χ1) is 36.5. The average molecular weight is 1120 g/mol. The van der Waals surface area contributed by atoms with Gasteiger partial charge in [0.25, 0.3) is 0 Å². The predicted octanol–water partition coefficient (Wildman–Crippen LogP) is 12.8. The van der Waals surface area contributed by atoms with Crippen LogP contribution in [0.25, 0.3) is 0 Å². The number of esters is 1. The highest BCUT2D eigenvalue weighted by molar-refractivity contribution is 8.76. The molecule has 3 saturated carbocycles. The van der Waals surface area contributed by atoms with E-state index in [2.05, 4.69) is 24.3 Å². The van der Waals surface area contributed by atoms with Crippen LogP contribution in [0.5, 0.6) is 5.75 Å². The summed E-state index contributed by atoms with van der Waals surface area (Å²) < 4.78 is 64.8. The van der Waals surface area contributed by atoms with E-state index < -0.39 is 94.0 Å². The Morgan fingerprint density at radius 1 is 0.842 bits per heavy atom. The van der Waals surface area contributed by atoms with Crippen LogP contribution < -0.4 is 4.74 Å². The number of aryl methyl sites for hydroxylation is 1. The molecule has 1 unspecified atom stereocenters. The molecule has 0 radical (unpaired) electrons. The summed E-state index contributed by atoms with van der Waals surface area (Å²) in [6.07, 6.45) is 9.60. The van der Waals surface area contributed by atoms with Crippen molar-refractivity contribution in [3.05, 3.63) is 89.0 Å². The Morgan fingerprint density at radius 2 is 1.51 bits per heavy atom. The maximum Gasteiger partial charge on any atom is 0.513 e. The van der Waals surface area contributed by atoms with Gasteiger partial charge >= 0.3 is 18.3 Å². The van der Waals surface area contributed by atoms with Crippen molar-refractivity contribution in [2.75, 3.05) is 43.9 Å². The fraction of sp³-hybridized carbons (Fsp3) is 0.638. The molecule has 18 heteroatoms. The molecule has 0 bridgehead atoms. The SMILES string of the molecule is CCC(=O)O[C@]1(C(=O)SCF)[C@H](C)C[C@H]2[C@@H]3C[C@H](F)C4=CC(=O)C=C[C@]4(C)[C@@]3(C)[C@@H](OC(=O)OCCSSCCOC(=O)Oc3ccc(C(O)CCCCCCCOCCCCCc4ccccc4)cc3CO)C[C@@]21C. The van der Waals surface area contributed by atoms with Crippen LogP contribution >= 0.6 is 33.3 Å². The van der Waals surface area contributed by atoms with E-state index in [0.29, 0.717) is 47.2 Å². The lowest BCUT2D eigenvalue weighted by atomic mass is 9.39. The Labute approximate surface area is 459 Å². The maximum atomic E-state index is 16.5. The number of rotatable bonds is 29. The zero-order valence-corrected chi connectivity index (χ0v) is 47.2. The highest BCUT2D eigenvalue weighted by Gasteiger charge is 2.77. The third-order valence-corrected chi connectivity index (χ3v) is 19.7. The average Bonchev–Trinajstić information content (AvgIpc) is 3.74. The highest BCUT2D eigenvalue weighted by Crippen LogP contribution is 2.74. The molecule has 6 rings (SSSR count). The monoisotopic (exact) mass is 1120 g/mol. The number of unbranched alkanes of at least 4 members (excludes halogenated alkanes) is 6. The number of alkyl halides is 2. The molecule has 0 heterocycles. The lowest BCUT2D eigenvalue weighted by Crippen LogP contribution is -2.68. The molecule has 0 aromatic heterocycles. The summed E-state index contributed by atoms with van der Waals surface area (Å²) in [6.45, 7) is 10.1. The van der Waals surface area contributed by atoms with Gasteiger partial charge in [-0.3, -0.25) is 14.4 Å². The van der Waals surface area contributed by atoms with E-state index >= 15 is 4.39 Å². The number of ether oxygens (including phenoxy) is 6. The van der Waals surface area contributed by atoms with Crippen LogP contribution in [0.2, 0.25) is 0 Å². The van der Waals surface area contributed by atoms with E-state index in [-0.39, 0.29) is 49.6 Å². The maximum absolute atomic E-state index is 16.5. The Hall–Kier alpha value is -3.94. The number of benzene rings is 2. The summed E-state index contributed by atoms with van der Waals surface area (Å²) in [4.78, 5) is 66.1. The third-order valence-electron chi connectivity index (χ3n) is 16.7. The molecule has 0 aliphatic heterocycles. The van der Waals surface area contributed by atoms with Gasteiger partial charge in [0, 0.05) is 58.9 Å². The van der Waals surface area contributed by atoms with Gasteiger partial charge in [-0.15, -0.1) is 0 Å². The smallest absolute Gasteiger partial charge is 0.449 e. The summed E-state index contributed by atoms with van der Waals surface area (Å²) in [5.74, 6) is -1.66. The molecule has 10 atom stereocenters. The van der Waals surface area contributed by atoms with Crippen LogP contribution in [0.1, 0.15) is 141 Å². The summed E-state index contributed by atoms with van der Waals surface area (Å²) in [7, 11) is 2.73. The lowest BCUT2D eigenvalue weighted by Gasteiger charge is -2.66. The van der Waals surface area contributed by atoms with Crippen molar-refractivity contribution < 1.29 is 71.4 Å². The van der Waals surface area contributed by atoms with Crippen LogP contribution in [-0.4, -0.2) is 101 Å². The van der Waals surface area contributed by atoms with Gasteiger partial charge in [-0.1, -0.05) is 131 Å². The van der Waals surface area contributed by atoms with Gasteiger partial charge in [0.1, 0.15) is 37.2 Å². The second kappa shape index (κ2) is 28.8. The lowest BCUT2D eigenvalue weighted by molar-refractivity contribution is -0.222. The number of carbonyl (C=O) groups is 5. The summed E-state index contributed by atoms with van der Waals surface area (Å²) in [6, 6.07) is 14.3. The Morgan fingerprint density at radius 3 is 2.20 bits per heavy atom. The fourth-order valence-corrected chi connectivity index (χ4v) is 15.0. The second-order valence-electron chi connectivity index (χ2n) is 21.2. The molecule has 0 spiro atoms. The van der Waals surface area contributed by atoms with E-state index in [1.807, 2.05) is 19.9 Å². The minimum Gasteiger partial charge on any atom is -0.449 e. The normalized spacial score (nSPS) is 27.8. The fourth-order valence-electron chi connectivity index (χ4n) is 12.6. The minimum absolute atomic E-state index is 0.00341. The van der Waals surface area contributed by atoms with Gasteiger partial charge in [-0.25, -0.2) is 18.4 Å². The highest BCUT2D eigenvalue weighted by atomic mass is 33.1. The van der Waals surface area contributed by atoms with Gasteiger partial charge in [0.2, 0.25) is 5.12 Å². The molecule has 0 saturated heterocycles. The molecule has 420 valence electrons. The standard InChI is InChI=1S/C58H78F2O13S3/c1-6-51(64)73-58(52(65)74-38-59)39(2)32-44-45-35-47(60)46-34-43(62)24-25-55(46,3)57(45,5)50(36-56(44,58)4)72-54(67)70-29-31-76-75-30-28-69-53(66)71-49-23-22-41(33-42(49)37-61)48(63)21-15-8-7-9-16-26-68-27-17-11-14-20-40-18-12-10-13-19-40/h10,12-13,18-19,22-25,33-34,39,44-45,47-48,50,61,63H,6-9,11,14-17,20-21,26-32,35-38H2,1-5H3/t39-,44+,45+,47+,48?,50+,55+,56+,57-,58+/m1/s1. The second-order valence-corrected chi connectivity index (χ2v) is 24.7. The number of carbonyl (C=O) groups excluding carboxylic acids is 5. The molecule has 4 aliphatic carbocycles. The molecule has 2 aromatic carbocycles. The van der Waals surface area contributed by atoms with Crippen molar-refractivity contribution in [2.45, 2.75) is 155 Å². The van der Waals surface area contributed by atoms with Crippen LogP contribution in [0, 0.1) is 34.0 Å². The Bertz CT molecular complexity index is 2340. The van der Waals surface area contributed by atoms with Gasteiger partial charge in [0.15, 0.2) is 11.4 Å². The first-order valence-electron chi connectivity index (χ1n) is 27.0. The number of halogens is 2. The van der Waals surface area contributed by atoms with Crippen molar-refractivity contribution >= 4 is 62.5 Å². The molecular formula is C58H78F2O13S3. The van der Waals surface area contributed by atoms with Crippen molar-refractivity contribution in [3.8, 4) is 5.75 Å². The summed E-state index contributed by atoms with van der Waals surface area (Å²) in [5, 5.41) is 20.2. The van der Waals surface area contributed by atoms with E-state index in [4.69, 9.17) is 28.4 Å². The Kier molecular flexibility index (Phi) is 23.2. The summed E-state index contributed by atoms with van der Waals surface area (Å²) in [5.41, 5.74) is -2.45.